The molecule has 0 aliphatic heterocycles. The Hall–Kier alpha value is -5.23. The summed E-state index contributed by atoms with van der Waals surface area (Å²) in [5.74, 6) is -1.06. The highest BCUT2D eigenvalue weighted by Crippen LogP contribution is 2.11. The maximum absolute atomic E-state index is 12.8. The molecule has 0 amide bonds. The number of rotatable bonds is 39. The normalized spacial score (nSPS) is 13.6. The van der Waals surface area contributed by atoms with Gasteiger partial charge in [0.1, 0.15) is 13.2 Å². The number of carbonyl (C=O) groups excluding carboxylic acids is 3. The van der Waals surface area contributed by atoms with Gasteiger partial charge in [-0.3, -0.25) is 14.4 Å². The van der Waals surface area contributed by atoms with Gasteiger partial charge in [-0.25, -0.2) is 0 Å². The van der Waals surface area contributed by atoms with Gasteiger partial charge in [0.25, 0.3) is 0 Å². The molecule has 0 saturated heterocycles. The Morgan fingerprint density at radius 1 is 0.317 bits per heavy atom. The van der Waals surface area contributed by atoms with E-state index in [0.717, 1.165) is 96.3 Å². The zero-order valence-corrected chi connectivity index (χ0v) is 39.2. The highest BCUT2D eigenvalue weighted by molar-refractivity contribution is 5.71. The van der Waals surface area contributed by atoms with Gasteiger partial charge in [0, 0.05) is 19.3 Å². The maximum atomic E-state index is 12.8. The van der Waals surface area contributed by atoms with Crippen molar-refractivity contribution in [2.24, 2.45) is 0 Å². The van der Waals surface area contributed by atoms with E-state index in [9.17, 15) is 14.4 Å². The van der Waals surface area contributed by atoms with Crippen molar-refractivity contribution in [1.82, 2.24) is 0 Å². The van der Waals surface area contributed by atoms with Crippen LogP contribution in [0.15, 0.2) is 170 Å². The van der Waals surface area contributed by atoms with Gasteiger partial charge in [0.15, 0.2) is 6.10 Å². The molecule has 0 aliphatic rings. The molecule has 6 heteroatoms. The average Bonchev–Trinajstić information content (AvgIpc) is 3.28. The molecule has 0 bridgehead atoms. The van der Waals surface area contributed by atoms with Gasteiger partial charge < -0.3 is 14.2 Å². The third kappa shape index (κ3) is 47.7. The number of carbonyl (C=O) groups is 3. The molecular weight excluding hydrogens is 781 g/mol. The van der Waals surface area contributed by atoms with Gasteiger partial charge in [-0.15, -0.1) is 0 Å². The SMILES string of the molecule is CC\C=C/C=C\C=C/C=C\C=C\C=C/CCCCCC(=O)OCC(COC(=O)CCCCC\C=C/C=C\C=C/C=C\CC)OC(=O)CCCCCCC\C=C/C=C\C=C/C=C\CC. The molecule has 0 radical (unpaired) electrons. The molecule has 0 aromatic heterocycles. The maximum Gasteiger partial charge on any atom is 0.306 e. The van der Waals surface area contributed by atoms with E-state index in [-0.39, 0.29) is 50.4 Å². The molecular formula is C57H82O6. The van der Waals surface area contributed by atoms with Crippen molar-refractivity contribution in [3.8, 4) is 0 Å². The van der Waals surface area contributed by atoms with Crippen molar-refractivity contribution in [2.45, 2.75) is 155 Å². The lowest BCUT2D eigenvalue weighted by atomic mass is 10.1. The standard InChI is InChI=1S/C57H82O6/c1-4-7-10-13-16-19-22-25-27-28-30-32-35-38-41-44-47-50-56(59)62-53-54(52-61-55(58)49-46-43-40-37-34-31-24-21-18-15-12-9-6-3)63-57(60)51-48-45-42-39-36-33-29-26-23-20-17-14-11-8-5-2/h7-32,34-35,54H,4-6,33,36-53H2,1-3H3/b10-7-,11-8-,12-9-,16-13-,17-14-,18-15-,22-19-,23-20-,24-21-,27-25-,29-26-,30-28+,34-31-,35-32-. The number of esters is 3. The fourth-order valence-electron chi connectivity index (χ4n) is 5.55. The minimum Gasteiger partial charge on any atom is -0.462 e. The van der Waals surface area contributed by atoms with Crippen LogP contribution in [0, 0.1) is 0 Å². The summed E-state index contributed by atoms with van der Waals surface area (Å²) in [6.07, 6.45) is 73.3. The third-order valence-corrected chi connectivity index (χ3v) is 9.05. The van der Waals surface area contributed by atoms with Crippen LogP contribution in [0.2, 0.25) is 0 Å². The average molecular weight is 863 g/mol. The molecule has 346 valence electrons. The van der Waals surface area contributed by atoms with E-state index in [1.54, 1.807) is 0 Å². The first kappa shape index (κ1) is 57.8. The predicted octanol–water partition coefficient (Wildman–Crippen LogP) is 15.6. The molecule has 1 atom stereocenters. The molecule has 0 N–H and O–H groups in total. The Bertz CT molecular complexity index is 1550. The van der Waals surface area contributed by atoms with Crippen LogP contribution in [0.4, 0.5) is 0 Å². The molecule has 0 aliphatic carbocycles. The van der Waals surface area contributed by atoms with E-state index in [1.807, 2.05) is 122 Å². The number of hydrogen-bond acceptors (Lipinski definition) is 6. The predicted molar refractivity (Wildman–Crippen MR) is 269 cm³/mol. The van der Waals surface area contributed by atoms with E-state index in [4.69, 9.17) is 14.2 Å². The first-order valence-corrected chi connectivity index (χ1v) is 23.8. The van der Waals surface area contributed by atoms with Gasteiger partial charge >= 0.3 is 17.9 Å². The summed E-state index contributed by atoms with van der Waals surface area (Å²) in [5, 5.41) is 0. The Morgan fingerprint density at radius 2 is 0.571 bits per heavy atom. The first-order valence-electron chi connectivity index (χ1n) is 23.8. The monoisotopic (exact) mass is 863 g/mol. The summed E-state index contributed by atoms with van der Waals surface area (Å²) in [6, 6.07) is 0. The third-order valence-electron chi connectivity index (χ3n) is 9.05. The van der Waals surface area contributed by atoms with Crippen LogP contribution in [0.25, 0.3) is 0 Å². The second-order valence-electron chi connectivity index (χ2n) is 14.9. The summed E-state index contributed by atoms with van der Waals surface area (Å²) >= 11 is 0. The van der Waals surface area contributed by atoms with Crippen LogP contribution in [0.3, 0.4) is 0 Å². The molecule has 0 fully saturated rings. The minimum atomic E-state index is -0.834. The fourth-order valence-corrected chi connectivity index (χ4v) is 5.55. The number of ether oxygens (including phenoxy) is 3. The Balaban J connectivity index is 4.64. The molecule has 0 spiro atoms. The van der Waals surface area contributed by atoms with Crippen LogP contribution in [-0.4, -0.2) is 37.2 Å². The minimum absolute atomic E-state index is 0.133. The van der Waals surface area contributed by atoms with E-state index in [1.165, 1.54) is 0 Å². The highest BCUT2D eigenvalue weighted by atomic mass is 16.6. The summed E-state index contributed by atoms with van der Waals surface area (Å²) in [4.78, 5) is 37.9. The number of allylic oxidation sites excluding steroid dienone is 28. The summed E-state index contributed by atoms with van der Waals surface area (Å²) in [6.45, 7) is 6.07. The largest absolute Gasteiger partial charge is 0.462 e. The molecule has 0 heterocycles. The Morgan fingerprint density at radius 3 is 0.905 bits per heavy atom. The van der Waals surface area contributed by atoms with Crippen molar-refractivity contribution >= 4 is 17.9 Å². The topological polar surface area (TPSA) is 78.9 Å². The zero-order valence-electron chi connectivity index (χ0n) is 39.2. The van der Waals surface area contributed by atoms with Crippen molar-refractivity contribution in [2.75, 3.05) is 13.2 Å². The second kappa shape index (κ2) is 49.4. The van der Waals surface area contributed by atoms with Crippen LogP contribution < -0.4 is 0 Å². The van der Waals surface area contributed by atoms with Gasteiger partial charge in [0.05, 0.1) is 0 Å². The van der Waals surface area contributed by atoms with Gasteiger partial charge in [-0.1, -0.05) is 223 Å². The quantitative estimate of drug-likeness (QED) is 0.0265. The Labute approximate surface area is 383 Å². The molecule has 63 heavy (non-hydrogen) atoms. The van der Waals surface area contributed by atoms with Gasteiger partial charge in [-0.2, -0.15) is 0 Å². The van der Waals surface area contributed by atoms with E-state index in [2.05, 4.69) is 69.4 Å². The Kier molecular flexibility index (Phi) is 45.3. The number of unbranched alkanes of at least 4 members (excludes halogenated alkanes) is 11. The second-order valence-corrected chi connectivity index (χ2v) is 14.9. The summed E-state index contributed by atoms with van der Waals surface area (Å²) in [7, 11) is 0. The van der Waals surface area contributed by atoms with Crippen LogP contribution in [0.5, 0.6) is 0 Å². The van der Waals surface area contributed by atoms with E-state index in [0.29, 0.717) is 12.8 Å². The van der Waals surface area contributed by atoms with Crippen LogP contribution in [0.1, 0.15) is 149 Å². The molecule has 0 aromatic carbocycles. The fraction of sp³-hybridized carbons (Fsp3) is 0.456. The lowest BCUT2D eigenvalue weighted by Gasteiger charge is -2.18. The summed E-state index contributed by atoms with van der Waals surface area (Å²) < 4.78 is 16.7. The smallest absolute Gasteiger partial charge is 0.306 e. The van der Waals surface area contributed by atoms with Crippen molar-refractivity contribution in [3.05, 3.63) is 170 Å². The first-order chi connectivity index (χ1) is 31.0. The van der Waals surface area contributed by atoms with Crippen molar-refractivity contribution in [1.29, 1.82) is 0 Å². The molecule has 0 rings (SSSR count). The highest BCUT2D eigenvalue weighted by Gasteiger charge is 2.19. The van der Waals surface area contributed by atoms with Crippen molar-refractivity contribution in [3.63, 3.8) is 0 Å². The van der Waals surface area contributed by atoms with Gasteiger partial charge in [-0.05, 0) is 77.0 Å². The summed E-state index contributed by atoms with van der Waals surface area (Å²) in [5.41, 5.74) is 0. The lowest BCUT2D eigenvalue weighted by molar-refractivity contribution is -0.167. The van der Waals surface area contributed by atoms with E-state index >= 15 is 0 Å². The zero-order chi connectivity index (χ0) is 45.8. The van der Waals surface area contributed by atoms with Gasteiger partial charge in [0.2, 0.25) is 0 Å². The van der Waals surface area contributed by atoms with Crippen LogP contribution in [-0.2, 0) is 28.6 Å². The van der Waals surface area contributed by atoms with Crippen molar-refractivity contribution < 1.29 is 28.6 Å². The molecule has 6 nitrogen and oxygen atoms in total. The molecule has 1 unspecified atom stereocenters. The number of hydrogen-bond donors (Lipinski definition) is 0. The van der Waals surface area contributed by atoms with Crippen LogP contribution >= 0.6 is 0 Å². The molecule has 0 saturated carbocycles. The lowest BCUT2D eigenvalue weighted by Crippen LogP contribution is -2.30. The van der Waals surface area contributed by atoms with E-state index < -0.39 is 6.10 Å². The molecule has 0 aromatic rings.